The Balaban J connectivity index is 1.54. The van der Waals surface area contributed by atoms with Gasteiger partial charge in [0.1, 0.15) is 5.00 Å². The number of hydrogen-bond acceptors (Lipinski definition) is 7. The van der Waals surface area contributed by atoms with Crippen LogP contribution in [0.15, 0.2) is 59.5 Å². The van der Waals surface area contributed by atoms with Crippen LogP contribution in [-0.4, -0.2) is 51.4 Å². The summed E-state index contributed by atoms with van der Waals surface area (Å²) in [6.45, 7) is 2.59. The van der Waals surface area contributed by atoms with Crippen molar-refractivity contribution in [3.63, 3.8) is 0 Å². The highest BCUT2D eigenvalue weighted by molar-refractivity contribution is 7.92. The molecule has 0 saturated heterocycles. The van der Waals surface area contributed by atoms with Gasteiger partial charge in [-0.2, -0.15) is 0 Å². The van der Waals surface area contributed by atoms with Crippen molar-refractivity contribution in [3.8, 4) is 0 Å². The van der Waals surface area contributed by atoms with E-state index < -0.39 is 27.9 Å². The summed E-state index contributed by atoms with van der Waals surface area (Å²) < 4.78 is 32.2. The van der Waals surface area contributed by atoms with Crippen LogP contribution < -0.4 is 15.4 Å². The van der Waals surface area contributed by atoms with Gasteiger partial charge >= 0.3 is 6.09 Å². The second kappa shape index (κ2) is 10.6. The fourth-order valence-corrected chi connectivity index (χ4v) is 6.47. The van der Waals surface area contributed by atoms with Crippen LogP contribution >= 0.6 is 11.3 Å². The predicted octanol–water partition coefficient (Wildman–Crippen LogP) is 3.44. The summed E-state index contributed by atoms with van der Waals surface area (Å²) in [5.41, 5.74) is 7.26. The minimum absolute atomic E-state index is 0.0267. The number of carbonyl (C=O) groups excluding carboxylic acids is 3. The molecule has 0 bridgehead atoms. The molecule has 0 saturated carbocycles. The van der Waals surface area contributed by atoms with Crippen LogP contribution in [0.3, 0.4) is 0 Å². The van der Waals surface area contributed by atoms with Crippen LogP contribution in [0.5, 0.6) is 0 Å². The number of fused-ring (bicyclic) bond motifs is 1. The number of thiophene rings is 1. The molecule has 3 aromatic rings. The van der Waals surface area contributed by atoms with Crippen molar-refractivity contribution in [1.82, 2.24) is 4.90 Å². The lowest BCUT2D eigenvalue weighted by Crippen LogP contribution is -2.36. The molecule has 3 amide bonds. The molecule has 194 valence electrons. The number of rotatable bonds is 7. The summed E-state index contributed by atoms with van der Waals surface area (Å²) in [7, 11) is -2.37. The number of primary amides is 1. The van der Waals surface area contributed by atoms with Gasteiger partial charge in [-0.15, -0.1) is 11.3 Å². The molecule has 1 aliphatic heterocycles. The first-order chi connectivity index (χ1) is 17.6. The van der Waals surface area contributed by atoms with Gasteiger partial charge in [0.05, 0.1) is 29.3 Å². The summed E-state index contributed by atoms with van der Waals surface area (Å²) >= 11 is 1.18. The minimum Gasteiger partial charge on any atom is -0.450 e. The van der Waals surface area contributed by atoms with Crippen molar-refractivity contribution < 1.29 is 27.5 Å². The number of carbonyl (C=O) groups is 3. The number of sulfonamides is 1. The Morgan fingerprint density at radius 3 is 2.41 bits per heavy atom. The second-order valence-corrected chi connectivity index (χ2v) is 11.3. The van der Waals surface area contributed by atoms with Gasteiger partial charge in [0.2, 0.25) is 0 Å². The van der Waals surface area contributed by atoms with E-state index in [0.29, 0.717) is 24.2 Å². The third-order valence-corrected chi connectivity index (χ3v) is 8.88. The number of nitrogens with two attached hydrogens (primary N) is 1. The highest BCUT2D eigenvalue weighted by Gasteiger charge is 2.30. The van der Waals surface area contributed by atoms with Gasteiger partial charge in [0.15, 0.2) is 0 Å². The average Bonchev–Trinajstić information content (AvgIpc) is 3.26. The SMILES string of the molecule is CCOC(=O)N1CCc2c(sc(NC(=O)c3ccc(S(=O)(=O)N(C)c4ccccc4)cc3)c2C(N)=O)C1. The van der Waals surface area contributed by atoms with E-state index in [9.17, 15) is 22.8 Å². The molecular weight excluding hydrogens is 516 g/mol. The molecule has 0 unspecified atom stereocenters. The van der Waals surface area contributed by atoms with E-state index in [4.69, 9.17) is 10.5 Å². The smallest absolute Gasteiger partial charge is 0.410 e. The van der Waals surface area contributed by atoms with Crippen molar-refractivity contribution in [2.24, 2.45) is 5.73 Å². The van der Waals surface area contributed by atoms with Crippen molar-refractivity contribution in [1.29, 1.82) is 0 Å². The zero-order valence-corrected chi connectivity index (χ0v) is 21.9. The lowest BCUT2D eigenvalue weighted by molar-refractivity contribution is 0.0997. The Morgan fingerprint density at radius 2 is 1.78 bits per heavy atom. The Morgan fingerprint density at radius 1 is 1.11 bits per heavy atom. The van der Waals surface area contributed by atoms with Gasteiger partial charge in [0, 0.05) is 24.0 Å². The van der Waals surface area contributed by atoms with Crippen molar-refractivity contribution in [3.05, 3.63) is 76.2 Å². The number of benzene rings is 2. The fourth-order valence-electron chi connectivity index (χ4n) is 4.01. The maximum Gasteiger partial charge on any atom is 0.410 e. The van der Waals surface area contributed by atoms with Crippen LogP contribution in [-0.2, 0) is 27.7 Å². The van der Waals surface area contributed by atoms with Crippen LogP contribution in [0.4, 0.5) is 15.5 Å². The zero-order chi connectivity index (χ0) is 26.7. The first-order valence-corrected chi connectivity index (χ1v) is 13.7. The quantitative estimate of drug-likeness (QED) is 0.469. The highest BCUT2D eigenvalue weighted by Crippen LogP contribution is 2.37. The van der Waals surface area contributed by atoms with Crippen LogP contribution in [0.2, 0.25) is 0 Å². The minimum atomic E-state index is -3.83. The normalized spacial score (nSPS) is 13.0. The summed E-state index contributed by atoms with van der Waals surface area (Å²) in [5, 5.41) is 3.01. The van der Waals surface area contributed by atoms with Gasteiger partial charge in [-0.05, 0) is 55.3 Å². The van der Waals surface area contributed by atoms with E-state index in [0.717, 1.165) is 9.18 Å². The summed E-state index contributed by atoms with van der Waals surface area (Å²) in [6.07, 6.45) is -0.0407. The van der Waals surface area contributed by atoms with Crippen LogP contribution in [0.25, 0.3) is 0 Å². The van der Waals surface area contributed by atoms with Crippen LogP contribution in [0.1, 0.15) is 38.1 Å². The molecule has 4 rings (SSSR count). The molecule has 0 aliphatic carbocycles. The lowest BCUT2D eigenvalue weighted by Gasteiger charge is -2.26. The third-order valence-electron chi connectivity index (χ3n) is 5.95. The second-order valence-electron chi connectivity index (χ2n) is 8.23. The van der Waals surface area contributed by atoms with E-state index in [1.807, 2.05) is 0 Å². The lowest BCUT2D eigenvalue weighted by atomic mass is 10.0. The summed E-state index contributed by atoms with van der Waals surface area (Å²) in [4.78, 5) is 39.6. The molecular formula is C25H26N4O6S2. The Bertz CT molecular complexity index is 1440. The predicted molar refractivity (Wildman–Crippen MR) is 140 cm³/mol. The number of nitrogens with one attached hydrogen (secondary N) is 1. The number of amides is 3. The maximum atomic E-state index is 13.0. The number of nitrogens with zero attached hydrogens (tertiary/aromatic N) is 2. The van der Waals surface area contributed by atoms with Gasteiger partial charge < -0.3 is 20.7 Å². The zero-order valence-electron chi connectivity index (χ0n) is 20.3. The van der Waals surface area contributed by atoms with Crippen LogP contribution in [0, 0.1) is 0 Å². The van der Waals surface area contributed by atoms with Crippen molar-refractivity contribution >= 4 is 50.0 Å². The maximum absolute atomic E-state index is 13.0. The van der Waals surface area contributed by atoms with Gasteiger partial charge in [-0.25, -0.2) is 13.2 Å². The van der Waals surface area contributed by atoms with Crippen molar-refractivity contribution in [2.45, 2.75) is 24.8 Å². The van der Waals surface area contributed by atoms with E-state index in [-0.39, 0.29) is 34.2 Å². The molecule has 0 fully saturated rings. The van der Waals surface area contributed by atoms with Gasteiger partial charge in [-0.1, -0.05) is 18.2 Å². The van der Waals surface area contributed by atoms with Gasteiger partial charge in [0.25, 0.3) is 21.8 Å². The molecule has 1 aliphatic rings. The molecule has 3 N–H and O–H groups in total. The number of ether oxygens (including phenoxy) is 1. The third kappa shape index (κ3) is 5.30. The molecule has 37 heavy (non-hydrogen) atoms. The number of para-hydroxylation sites is 1. The molecule has 0 spiro atoms. The van der Waals surface area contributed by atoms with E-state index in [1.165, 1.54) is 47.5 Å². The molecule has 2 aromatic carbocycles. The Kier molecular flexibility index (Phi) is 7.50. The Hall–Kier alpha value is -3.90. The van der Waals surface area contributed by atoms with E-state index in [2.05, 4.69) is 5.32 Å². The highest BCUT2D eigenvalue weighted by atomic mass is 32.2. The number of anilines is 2. The van der Waals surface area contributed by atoms with Gasteiger partial charge in [-0.3, -0.25) is 13.9 Å². The van der Waals surface area contributed by atoms with E-state index in [1.54, 1.807) is 37.3 Å². The first-order valence-electron chi connectivity index (χ1n) is 11.4. The molecule has 12 heteroatoms. The van der Waals surface area contributed by atoms with E-state index >= 15 is 0 Å². The fraction of sp³-hybridized carbons (Fsp3) is 0.240. The first kappa shape index (κ1) is 26.2. The molecule has 2 heterocycles. The standard InChI is InChI=1S/C25H26N4O6S2/c1-3-35-25(32)29-14-13-19-20(15-29)36-24(21(19)22(26)30)27-23(31)16-9-11-18(12-10-16)37(33,34)28(2)17-7-5-4-6-8-17/h4-12H,3,13-15H2,1-2H3,(H2,26,30)(H,27,31). The summed E-state index contributed by atoms with van der Waals surface area (Å²) in [5.74, 6) is -1.20. The Labute approximate surface area is 218 Å². The molecule has 1 aromatic heterocycles. The van der Waals surface area contributed by atoms with Crippen molar-refractivity contribution in [2.75, 3.05) is 29.8 Å². The largest absolute Gasteiger partial charge is 0.450 e. The summed E-state index contributed by atoms with van der Waals surface area (Å²) in [6, 6.07) is 14.2. The monoisotopic (exact) mass is 542 g/mol. The molecule has 10 nitrogen and oxygen atoms in total. The topological polar surface area (TPSA) is 139 Å². The molecule has 0 atom stereocenters. The number of hydrogen-bond donors (Lipinski definition) is 2. The average molecular weight is 543 g/mol. The molecule has 0 radical (unpaired) electrons.